The largest absolute Gasteiger partial charge is 0.376 e. The highest BCUT2D eigenvalue weighted by Crippen LogP contribution is 2.22. The summed E-state index contributed by atoms with van der Waals surface area (Å²) in [5, 5.41) is 9.60. The van der Waals surface area contributed by atoms with Gasteiger partial charge in [0.1, 0.15) is 0 Å². The number of nitrogens with one attached hydrogen (secondary N) is 3. The molecule has 0 radical (unpaired) electrons. The van der Waals surface area contributed by atoms with Gasteiger partial charge in [-0.05, 0) is 48.9 Å². The number of halogens is 2. The minimum atomic E-state index is -0.263. The fourth-order valence-corrected chi connectivity index (χ4v) is 3.41. The molecule has 3 N–H and O–H groups in total. The van der Waals surface area contributed by atoms with Crippen LogP contribution in [0.2, 0.25) is 10.0 Å². The Labute approximate surface area is 185 Å². The van der Waals surface area contributed by atoms with E-state index in [1.54, 1.807) is 42.5 Å². The average Bonchev–Trinajstić information content (AvgIpc) is 2.72. The van der Waals surface area contributed by atoms with Gasteiger partial charge in [-0.15, -0.1) is 0 Å². The maximum Gasteiger partial charge on any atom is 0.251 e. The molecular formula is C23H21Cl2N3O2. The van der Waals surface area contributed by atoms with Crippen LogP contribution in [-0.2, 0) is 4.79 Å². The van der Waals surface area contributed by atoms with E-state index in [0.717, 1.165) is 5.56 Å². The lowest BCUT2D eigenvalue weighted by Gasteiger charge is -2.15. The molecule has 2 amide bonds. The van der Waals surface area contributed by atoms with Gasteiger partial charge in [-0.1, -0.05) is 59.6 Å². The van der Waals surface area contributed by atoms with Gasteiger partial charge in [0.15, 0.2) is 0 Å². The summed E-state index contributed by atoms with van der Waals surface area (Å²) in [7, 11) is 0. The molecule has 0 saturated carbocycles. The summed E-state index contributed by atoms with van der Waals surface area (Å²) in [5.41, 5.74) is 2.71. The molecule has 7 heteroatoms. The van der Waals surface area contributed by atoms with Crippen LogP contribution >= 0.6 is 23.2 Å². The molecule has 0 aliphatic carbocycles. The molecule has 30 heavy (non-hydrogen) atoms. The Balaban J connectivity index is 1.57. The normalized spacial score (nSPS) is 11.4. The number of hydrogen-bond acceptors (Lipinski definition) is 3. The molecule has 3 rings (SSSR count). The smallest absolute Gasteiger partial charge is 0.251 e. The third-order valence-corrected chi connectivity index (χ3v) is 4.81. The average molecular weight is 442 g/mol. The van der Waals surface area contributed by atoms with Crippen LogP contribution in [0.25, 0.3) is 0 Å². The zero-order valence-electron chi connectivity index (χ0n) is 16.3. The summed E-state index contributed by atoms with van der Waals surface area (Å²) >= 11 is 11.9. The lowest BCUT2D eigenvalue weighted by atomic mass is 10.1. The molecule has 0 aliphatic heterocycles. The predicted molar refractivity (Wildman–Crippen MR) is 122 cm³/mol. The number of benzene rings is 3. The van der Waals surface area contributed by atoms with Gasteiger partial charge in [0.25, 0.3) is 5.91 Å². The molecule has 0 spiro atoms. The van der Waals surface area contributed by atoms with Crippen LogP contribution in [0.15, 0.2) is 72.8 Å². The van der Waals surface area contributed by atoms with E-state index in [2.05, 4.69) is 16.0 Å². The number of hydrogen-bond donors (Lipinski definition) is 3. The zero-order valence-corrected chi connectivity index (χ0v) is 17.8. The zero-order chi connectivity index (χ0) is 21.5. The number of anilines is 2. The van der Waals surface area contributed by atoms with Crippen LogP contribution in [0.4, 0.5) is 11.4 Å². The van der Waals surface area contributed by atoms with E-state index < -0.39 is 0 Å². The summed E-state index contributed by atoms with van der Waals surface area (Å²) in [6.07, 6.45) is 0. The topological polar surface area (TPSA) is 70.2 Å². The van der Waals surface area contributed by atoms with Gasteiger partial charge in [0, 0.05) is 27.0 Å². The molecule has 5 nitrogen and oxygen atoms in total. The molecule has 3 aromatic carbocycles. The van der Waals surface area contributed by atoms with E-state index in [-0.39, 0.29) is 24.4 Å². The van der Waals surface area contributed by atoms with E-state index in [1.165, 1.54) is 0 Å². The highest BCUT2D eigenvalue weighted by atomic mass is 35.5. The molecule has 1 atom stereocenters. The number of rotatable bonds is 7. The first-order chi connectivity index (χ1) is 14.4. The molecule has 0 bridgehead atoms. The molecular weight excluding hydrogens is 421 g/mol. The summed E-state index contributed by atoms with van der Waals surface area (Å²) in [4.78, 5) is 24.8. The summed E-state index contributed by atoms with van der Waals surface area (Å²) in [5.74, 6) is -0.450. The number of carbonyl (C=O) groups is 2. The molecule has 0 fully saturated rings. The van der Waals surface area contributed by atoms with Gasteiger partial charge >= 0.3 is 0 Å². The monoisotopic (exact) mass is 441 g/mol. The van der Waals surface area contributed by atoms with Crippen molar-refractivity contribution in [2.75, 3.05) is 17.2 Å². The molecule has 3 aromatic rings. The third kappa shape index (κ3) is 6.24. The Morgan fingerprint density at radius 2 is 1.57 bits per heavy atom. The Kier molecular flexibility index (Phi) is 7.33. The summed E-state index contributed by atoms with van der Waals surface area (Å²) in [6.45, 7) is 1.96. The second kappa shape index (κ2) is 10.1. The van der Waals surface area contributed by atoms with E-state index in [9.17, 15) is 9.59 Å². The van der Waals surface area contributed by atoms with E-state index in [1.807, 2.05) is 37.3 Å². The van der Waals surface area contributed by atoms with Crippen molar-refractivity contribution < 1.29 is 9.59 Å². The summed E-state index contributed by atoms with van der Waals surface area (Å²) in [6, 6.07) is 21.4. The van der Waals surface area contributed by atoms with Crippen molar-refractivity contribution in [2.24, 2.45) is 0 Å². The standard InChI is InChI=1S/C23H21Cl2N3O2/c1-15(16-6-3-2-4-7-16)27-23(30)17-8-5-9-20(10-17)26-14-22(29)28-21-12-18(24)11-19(25)13-21/h2-13,15,26H,14H2,1H3,(H,27,30)(H,28,29). The van der Waals surface area contributed by atoms with Crippen molar-refractivity contribution in [1.82, 2.24) is 5.32 Å². The van der Waals surface area contributed by atoms with Crippen molar-refractivity contribution in [3.8, 4) is 0 Å². The highest BCUT2D eigenvalue weighted by molar-refractivity contribution is 6.35. The van der Waals surface area contributed by atoms with Gasteiger partial charge in [0.2, 0.25) is 5.91 Å². The van der Waals surface area contributed by atoms with Gasteiger partial charge in [-0.3, -0.25) is 9.59 Å². The predicted octanol–water partition coefficient (Wildman–Crippen LogP) is 5.54. The second-order valence-electron chi connectivity index (χ2n) is 6.75. The number of carbonyl (C=O) groups excluding carboxylic acids is 2. The Morgan fingerprint density at radius 3 is 2.27 bits per heavy atom. The molecule has 154 valence electrons. The van der Waals surface area contributed by atoms with Gasteiger partial charge in [-0.25, -0.2) is 0 Å². The number of amides is 2. The minimum Gasteiger partial charge on any atom is -0.376 e. The van der Waals surface area contributed by atoms with Gasteiger partial charge in [0.05, 0.1) is 12.6 Å². The highest BCUT2D eigenvalue weighted by Gasteiger charge is 2.12. The van der Waals surface area contributed by atoms with Crippen molar-refractivity contribution in [2.45, 2.75) is 13.0 Å². The molecule has 0 heterocycles. The second-order valence-corrected chi connectivity index (χ2v) is 7.62. The van der Waals surface area contributed by atoms with Crippen LogP contribution in [-0.4, -0.2) is 18.4 Å². The molecule has 0 aromatic heterocycles. The van der Waals surface area contributed by atoms with Crippen molar-refractivity contribution in [1.29, 1.82) is 0 Å². The fraction of sp³-hybridized carbons (Fsp3) is 0.130. The SMILES string of the molecule is CC(NC(=O)c1cccc(NCC(=O)Nc2cc(Cl)cc(Cl)c2)c1)c1ccccc1. The molecule has 1 unspecified atom stereocenters. The Bertz CT molecular complexity index is 1020. The quantitative estimate of drug-likeness (QED) is 0.450. The lowest BCUT2D eigenvalue weighted by molar-refractivity contribution is -0.114. The molecule has 0 aliphatic rings. The van der Waals surface area contributed by atoms with Crippen LogP contribution in [0.1, 0.15) is 28.9 Å². The van der Waals surface area contributed by atoms with Crippen molar-refractivity contribution >= 4 is 46.4 Å². The minimum absolute atomic E-state index is 0.0234. The van der Waals surface area contributed by atoms with E-state index in [0.29, 0.717) is 27.0 Å². The first-order valence-corrected chi connectivity index (χ1v) is 10.1. The Morgan fingerprint density at radius 1 is 0.867 bits per heavy atom. The fourth-order valence-electron chi connectivity index (χ4n) is 2.89. The summed E-state index contributed by atoms with van der Waals surface area (Å²) < 4.78 is 0. The van der Waals surface area contributed by atoms with Crippen molar-refractivity contribution in [3.63, 3.8) is 0 Å². The maximum atomic E-state index is 12.6. The third-order valence-electron chi connectivity index (χ3n) is 4.37. The van der Waals surface area contributed by atoms with E-state index >= 15 is 0 Å². The van der Waals surface area contributed by atoms with Gasteiger partial charge in [-0.2, -0.15) is 0 Å². The van der Waals surface area contributed by atoms with E-state index in [4.69, 9.17) is 23.2 Å². The van der Waals surface area contributed by atoms with Crippen LogP contribution in [0.3, 0.4) is 0 Å². The van der Waals surface area contributed by atoms with Crippen LogP contribution in [0, 0.1) is 0 Å². The van der Waals surface area contributed by atoms with Crippen molar-refractivity contribution in [3.05, 3.63) is 94.0 Å². The maximum absolute atomic E-state index is 12.6. The first kappa shape index (κ1) is 21.7. The van der Waals surface area contributed by atoms with Gasteiger partial charge < -0.3 is 16.0 Å². The van der Waals surface area contributed by atoms with Crippen LogP contribution in [0.5, 0.6) is 0 Å². The first-order valence-electron chi connectivity index (χ1n) is 9.36. The lowest BCUT2D eigenvalue weighted by Crippen LogP contribution is -2.26. The molecule has 0 saturated heterocycles. The Hall–Kier alpha value is -3.02. The van der Waals surface area contributed by atoms with Crippen LogP contribution < -0.4 is 16.0 Å².